The molecule has 1 heterocycles. The predicted molar refractivity (Wildman–Crippen MR) is 105 cm³/mol. The van der Waals surface area contributed by atoms with Gasteiger partial charge < -0.3 is 4.98 Å². The van der Waals surface area contributed by atoms with E-state index in [2.05, 4.69) is 39.7 Å². The van der Waals surface area contributed by atoms with Gasteiger partial charge in [0, 0.05) is 12.1 Å². The van der Waals surface area contributed by atoms with E-state index in [-0.39, 0.29) is 0 Å². The Balaban J connectivity index is 1.78. The van der Waals surface area contributed by atoms with Gasteiger partial charge in [-0.2, -0.15) is 0 Å². The maximum Gasteiger partial charge on any atom is 0.127 e. The zero-order chi connectivity index (χ0) is 16.8. The van der Waals surface area contributed by atoms with Crippen LogP contribution < -0.4 is 0 Å². The van der Waals surface area contributed by atoms with Gasteiger partial charge in [0.15, 0.2) is 0 Å². The average molecular weight is 385 g/mol. The number of rotatable bonds is 15. The maximum absolute atomic E-state index is 4.47. The van der Waals surface area contributed by atoms with Crippen molar-refractivity contribution in [2.45, 2.75) is 110 Å². The molecule has 0 saturated heterocycles. The molecule has 0 amide bonds. The van der Waals surface area contributed by atoms with Crippen molar-refractivity contribution in [3.05, 3.63) is 16.1 Å². The van der Waals surface area contributed by atoms with Gasteiger partial charge in [-0.1, -0.05) is 90.4 Å². The summed E-state index contributed by atoms with van der Waals surface area (Å²) in [7, 11) is 0. The predicted octanol–water partition coefficient (Wildman–Crippen LogP) is 7.50. The van der Waals surface area contributed by atoms with Crippen molar-refractivity contribution in [3.8, 4) is 0 Å². The van der Waals surface area contributed by atoms with Gasteiger partial charge in [0.25, 0.3) is 0 Å². The Morgan fingerprint density at radius 2 is 1.17 bits per heavy atom. The molecule has 0 fully saturated rings. The quantitative estimate of drug-likeness (QED) is 0.311. The molecule has 0 unspecified atom stereocenters. The highest BCUT2D eigenvalue weighted by atomic mass is 79.9. The van der Waals surface area contributed by atoms with E-state index < -0.39 is 0 Å². The number of halogens is 1. The molecule has 0 atom stereocenters. The minimum atomic E-state index is 0.970. The first-order valence-corrected chi connectivity index (χ1v) is 10.7. The van der Waals surface area contributed by atoms with E-state index in [1.807, 2.05) is 0 Å². The van der Waals surface area contributed by atoms with E-state index in [9.17, 15) is 0 Å². The standard InChI is InChI=1S/C20H37BrN2/c1-3-4-5-6-7-8-9-10-11-12-13-14-15-16-17-19-22-18(2)20(21)23-19/h3-17H2,1-2H3,(H,22,23). The first kappa shape index (κ1) is 20.7. The van der Waals surface area contributed by atoms with Crippen LogP contribution in [0.2, 0.25) is 0 Å². The summed E-state index contributed by atoms with van der Waals surface area (Å²) in [4.78, 5) is 7.80. The van der Waals surface area contributed by atoms with Crippen LogP contribution in [0.15, 0.2) is 4.60 Å². The lowest BCUT2D eigenvalue weighted by atomic mass is 10.0. The number of nitrogens with zero attached hydrogens (tertiary/aromatic N) is 1. The smallest absolute Gasteiger partial charge is 0.127 e. The fraction of sp³-hybridized carbons (Fsp3) is 0.850. The molecule has 0 bridgehead atoms. The summed E-state index contributed by atoms with van der Waals surface area (Å²) in [5.74, 6) is 1.13. The lowest BCUT2D eigenvalue weighted by molar-refractivity contribution is 0.534. The molecular formula is C20H37BrN2. The van der Waals surface area contributed by atoms with Gasteiger partial charge in [-0.3, -0.25) is 0 Å². The molecule has 0 aliphatic rings. The molecule has 2 nitrogen and oxygen atoms in total. The number of aryl methyl sites for hydroxylation is 2. The first-order valence-electron chi connectivity index (χ1n) is 9.95. The van der Waals surface area contributed by atoms with E-state index in [0.29, 0.717) is 0 Å². The van der Waals surface area contributed by atoms with Crippen LogP contribution in [0.4, 0.5) is 0 Å². The van der Waals surface area contributed by atoms with Crippen LogP contribution in [0.1, 0.15) is 108 Å². The molecule has 23 heavy (non-hydrogen) atoms. The van der Waals surface area contributed by atoms with Crippen molar-refractivity contribution in [1.82, 2.24) is 9.97 Å². The largest absolute Gasteiger partial charge is 0.345 e. The van der Waals surface area contributed by atoms with Crippen molar-refractivity contribution in [3.63, 3.8) is 0 Å². The summed E-state index contributed by atoms with van der Waals surface area (Å²) in [6.07, 6.45) is 20.9. The zero-order valence-electron chi connectivity index (χ0n) is 15.4. The Hall–Kier alpha value is -0.310. The molecule has 0 spiro atoms. The van der Waals surface area contributed by atoms with Crippen molar-refractivity contribution in [1.29, 1.82) is 0 Å². The van der Waals surface area contributed by atoms with E-state index >= 15 is 0 Å². The maximum atomic E-state index is 4.47. The molecule has 0 saturated carbocycles. The molecule has 3 heteroatoms. The van der Waals surface area contributed by atoms with E-state index in [1.54, 1.807) is 0 Å². The fourth-order valence-electron chi connectivity index (χ4n) is 3.10. The molecule has 134 valence electrons. The van der Waals surface area contributed by atoms with E-state index in [4.69, 9.17) is 0 Å². The molecule has 0 radical (unpaired) electrons. The third-order valence-corrected chi connectivity index (χ3v) is 5.41. The Labute approximate surface area is 152 Å². The molecule has 0 aromatic carbocycles. The minimum Gasteiger partial charge on any atom is -0.345 e. The van der Waals surface area contributed by atoms with Gasteiger partial charge >= 0.3 is 0 Å². The Kier molecular flexibility index (Phi) is 12.7. The highest BCUT2D eigenvalue weighted by Crippen LogP contribution is 2.15. The molecule has 0 aliphatic carbocycles. The summed E-state index contributed by atoms with van der Waals surface area (Å²) >= 11 is 3.46. The number of imidazole rings is 1. The van der Waals surface area contributed by atoms with Gasteiger partial charge in [0.05, 0.1) is 0 Å². The monoisotopic (exact) mass is 384 g/mol. The lowest BCUT2D eigenvalue weighted by Crippen LogP contribution is -1.89. The summed E-state index contributed by atoms with van der Waals surface area (Å²) in [5.41, 5.74) is 1.14. The Morgan fingerprint density at radius 3 is 1.57 bits per heavy atom. The zero-order valence-corrected chi connectivity index (χ0v) is 17.0. The summed E-state index contributed by atoms with van der Waals surface area (Å²) in [6, 6.07) is 0. The highest BCUT2D eigenvalue weighted by Gasteiger charge is 2.02. The van der Waals surface area contributed by atoms with Gasteiger partial charge in [-0.25, -0.2) is 4.98 Å². The van der Waals surface area contributed by atoms with Gasteiger partial charge in [0.1, 0.15) is 10.4 Å². The van der Waals surface area contributed by atoms with Crippen molar-refractivity contribution in [2.24, 2.45) is 0 Å². The van der Waals surface area contributed by atoms with Crippen molar-refractivity contribution >= 4 is 15.9 Å². The number of H-pyrrole nitrogens is 1. The molecule has 1 aromatic rings. The van der Waals surface area contributed by atoms with Crippen LogP contribution in [0, 0.1) is 6.92 Å². The Morgan fingerprint density at radius 1 is 0.739 bits per heavy atom. The molecule has 0 aliphatic heterocycles. The van der Waals surface area contributed by atoms with Crippen LogP contribution >= 0.6 is 15.9 Å². The number of hydrogen-bond donors (Lipinski definition) is 1. The third kappa shape index (κ3) is 11.0. The molecule has 1 N–H and O–H groups in total. The van der Waals surface area contributed by atoms with Crippen LogP contribution in [0.5, 0.6) is 0 Å². The second-order valence-corrected chi connectivity index (χ2v) is 7.70. The second-order valence-electron chi connectivity index (χ2n) is 6.95. The van der Waals surface area contributed by atoms with Gasteiger partial charge in [-0.15, -0.1) is 0 Å². The molecule has 1 aromatic heterocycles. The van der Waals surface area contributed by atoms with Crippen LogP contribution in [-0.2, 0) is 6.42 Å². The van der Waals surface area contributed by atoms with Gasteiger partial charge in [-0.05, 0) is 29.3 Å². The van der Waals surface area contributed by atoms with Crippen LogP contribution in [-0.4, -0.2) is 9.97 Å². The van der Waals surface area contributed by atoms with Gasteiger partial charge in [0.2, 0.25) is 0 Å². The Bertz CT molecular complexity index is 367. The lowest BCUT2D eigenvalue weighted by Gasteiger charge is -2.03. The van der Waals surface area contributed by atoms with E-state index in [1.165, 1.54) is 89.9 Å². The third-order valence-electron chi connectivity index (χ3n) is 4.64. The summed E-state index contributed by atoms with van der Waals surface area (Å²) in [6.45, 7) is 4.35. The highest BCUT2D eigenvalue weighted by molar-refractivity contribution is 9.10. The molecular weight excluding hydrogens is 348 g/mol. The number of unbranched alkanes of at least 4 members (excludes halogenated alkanes) is 13. The number of nitrogens with one attached hydrogen (secondary N) is 1. The number of hydrogen-bond acceptors (Lipinski definition) is 1. The topological polar surface area (TPSA) is 28.7 Å². The summed E-state index contributed by atoms with van der Waals surface area (Å²) in [5, 5.41) is 0. The van der Waals surface area contributed by atoms with Crippen molar-refractivity contribution in [2.75, 3.05) is 0 Å². The van der Waals surface area contributed by atoms with Crippen molar-refractivity contribution < 1.29 is 0 Å². The minimum absolute atomic E-state index is 0.970. The SMILES string of the molecule is CCCCCCCCCCCCCCCCc1nc(Br)c(C)[nH]1. The molecule has 1 rings (SSSR count). The number of aromatic amines is 1. The summed E-state index contributed by atoms with van der Waals surface area (Å²) < 4.78 is 0.970. The fourth-order valence-corrected chi connectivity index (χ4v) is 3.42. The average Bonchev–Trinajstić information content (AvgIpc) is 2.86. The van der Waals surface area contributed by atoms with Crippen LogP contribution in [0.25, 0.3) is 0 Å². The normalized spacial score (nSPS) is 11.3. The second kappa shape index (κ2) is 14.1. The first-order chi connectivity index (χ1) is 11.2. The van der Waals surface area contributed by atoms with Crippen LogP contribution in [0.3, 0.4) is 0 Å². The van der Waals surface area contributed by atoms with E-state index in [0.717, 1.165) is 22.5 Å². The number of aromatic nitrogens is 2.